The Bertz CT molecular complexity index is 1150. The molecule has 4 rings (SSSR count). The van der Waals surface area contributed by atoms with Crippen molar-refractivity contribution in [3.05, 3.63) is 87.6 Å². The minimum absolute atomic E-state index is 0.0605. The molecule has 0 aliphatic carbocycles. The van der Waals surface area contributed by atoms with Gasteiger partial charge in [0.05, 0.1) is 31.9 Å². The highest BCUT2D eigenvalue weighted by Gasteiger charge is 2.46. The number of methoxy groups -OCH3 is 1. The van der Waals surface area contributed by atoms with Gasteiger partial charge in [0.2, 0.25) is 0 Å². The van der Waals surface area contributed by atoms with E-state index in [-0.39, 0.29) is 17.9 Å². The number of nitrogens with zero attached hydrogens (tertiary/aromatic N) is 1. The zero-order valence-electron chi connectivity index (χ0n) is 17.8. The van der Waals surface area contributed by atoms with Crippen LogP contribution in [0.25, 0.3) is 5.76 Å². The van der Waals surface area contributed by atoms with E-state index >= 15 is 0 Å². The van der Waals surface area contributed by atoms with E-state index in [1.807, 2.05) is 24.4 Å². The Hall–Kier alpha value is -3.58. The van der Waals surface area contributed by atoms with Crippen LogP contribution in [0.4, 0.5) is 0 Å². The number of ether oxygens (including phenoxy) is 2. The van der Waals surface area contributed by atoms with Crippen molar-refractivity contribution in [1.82, 2.24) is 4.90 Å². The van der Waals surface area contributed by atoms with Crippen LogP contribution in [-0.2, 0) is 16.1 Å². The average Bonchev–Trinajstić information content (AvgIpc) is 3.41. The van der Waals surface area contributed by atoms with Gasteiger partial charge in [0.1, 0.15) is 17.3 Å². The Kier molecular flexibility index (Phi) is 6.28. The van der Waals surface area contributed by atoms with Gasteiger partial charge in [0.25, 0.3) is 11.7 Å². The maximum atomic E-state index is 13.1. The van der Waals surface area contributed by atoms with Gasteiger partial charge in [0, 0.05) is 10.4 Å². The van der Waals surface area contributed by atoms with Gasteiger partial charge >= 0.3 is 0 Å². The molecule has 164 valence electrons. The molecule has 1 saturated heterocycles. The molecule has 0 spiro atoms. The van der Waals surface area contributed by atoms with Gasteiger partial charge in [-0.05, 0) is 48.2 Å². The number of aliphatic hydroxyl groups is 1. The van der Waals surface area contributed by atoms with Gasteiger partial charge in [-0.3, -0.25) is 9.59 Å². The van der Waals surface area contributed by atoms with Crippen LogP contribution in [-0.4, -0.2) is 35.4 Å². The summed E-state index contributed by atoms with van der Waals surface area (Å²) in [4.78, 5) is 28.6. The number of thiophene rings is 1. The van der Waals surface area contributed by atoms with E-state index in [1.165, 1.54) is 16.2 Å². The quantitative estimate of drug-likeness (QED) is 0.319. The fourth-order valence-electron chi connectivity index (χ4n) is 3.80. The van der Waals surface area contributed by atoms with E-state index in [1.54, 1.807) is 55.6 Å². The lowest BCUT2D eigenvalue weighted by atomic mass is 9.95. The van der Waals surface area contributed by atoms with Crippen LogP contribution in [0.3, 0.4) is 0 Å². The molecule has 0 saturated carbocycles. The van der Waals surface area contributed by atoms with E-state index < -0.39 is 17.7 Å². The van der Waals surface area contributed by atoms with Crippen LogP contribution < -0.4 is 9.47 Å². The minimum atomic E-state index is -0.723. The van der Waals surface area contributed by atoms with Crippen molar-refractivity contribution in [1.29, 1.82) is 0 Å². The number of Topliss-reactive ketones (excluding diaryl/α,β-unsaturated/α-hetero) is 1. The number of amides is 1. The van der Waals surface area contributed by atoms with Crippen molar-refractivity contribution in [2.75, 3.05) is 13.7 Å². The number of benzene rings is 2. The number of hydrogen-bond donors (Lipinski definition) is 1. The number of aliphatic hydroxyl groups excluding tert-OH is 1. The van der Waals surface area contributed by atoms with Crippen molar-refractivity contribution in [3.8, 4) is 11.5 Å². The number of rotatable bonds is 7. The molecule has 3 aromatic rings. The van der Waals surface area contributed by atoms with Gasteiger partial charge in [0.15, 0.2) is 0 Å². The van der Waals surface area contributed by atoms with E-state index in [0.717, 1.165) is 4.88 Å². The fourth-order valence-corrected chi connectivity index (χ4v) is 4.50. The molecule has 7 heteroatoms. The minimum Gasteiger partial charge on any atom is -0.507 e. The maximum absolute atomic E-state index is 13.1. The molecule has 0 radical (unpaired) electrons. The summed E-state index contributed by atoms with van der Waals surface area (Å²) < 4.78 is 10.8. The van der Waals surface area contributed by atoms with Crippen molar-refractivity contribution in [2.45, 2.75) is 19.5 Å². The summed E-state index contributed by atoms with van der Waals surface area (Å²) in [5, 5.41) is 13.1. The lowest BCUT2D eigenvalue weighted by molar-refractivity contribution is -0.140. The molecule has 6 nitrogen and oxygen atoms in total. The van der Waals surface area contributed by atoms with Crippen LogP contribution in [0.1, 0.15) is 29.0 Å². The van der Waals surface area contributed by atoms with Crippen LogP contribution in [0, 0.1) is 0 Å². The molecule has 1 atom stereocenters. The molecule has 2 aromatic carbocycles. The Morgan fingerprint density at radius 2 is 1.84 bits per heavy atom. The van der Waals surface area contributed by atoms with Crippen molar-refractivity contribution >= 4 is 28.8 Å². The molecular formula is C25H23NO5S. The molecule has 1 aliphatic rings. The summed E-state index contributed by atoms with van der Waals surface area (Å²) >= 11 is 1.51. The SMILES string of the molecule is CCOc1cccc(/C(O)=C2/C(=O)C(=O)N(Cc3cccs3)C2c2ccc(OC)cc2)c1. The first kappa shape index (κ1) is 21.6. The van der Waals surface area contributed by atoms with Gasteiger partial charge < -0.3 is 19.5 Å². The predicted molar refractivity (Wildman–Crippen MR) is 123 cm³/mol. The van der Waals surface area contributed by atoms with E-state index in [0.29, 0.717) is 29.2 Å². The molecule has 32 heavy (non-hydrogen) atoms. The van der Waals surface area contributed by atoms with Crippen molar-refractivity contribution < 1.29 is 24.2 Å². The van der Waals surface area contributed by atoms with E-state index in [4.69, 9.17) is 9.47 Å². The number of hydrogen-bond acceptors (Lipinski definition) is 6. The standard InChI is InChI=1S/C25H23NO5S/c1-3-31-19-7-4-6-17(14-19)23(27)21-22(16-9-11-18(30-2)12-10-16)26(25(29)24(21)28)15-20-8-5-13-32-20/h4-14,22,27H,3,15H2,1-2H3/b23-21-. The molecule has 0 bridgehead atoms. The lowest BCUT2D eigenvalue weighted by Gasteiger charge is -2.25. The molecule has 1 fully saturated rings. The summed E-state index contributed by atoms with van der Waals surface area (Å²) in [6, 6.07) is 17.1. The van der Waals surface area contributed by atoms with E-state index in [2.05, 4.69) is 0 Å². The first-order valence-corrected chi connectivity index (χ1v) is 11.1. The van der Waals surface area contributed by atoms with Gasteiger partial charge in [-0.1, -0.05) is 30.3 Å². The number of carbonyl (C=O) groups is 2. The molecule has 1 aromatic heterocycles. The largest absolute Gasteiger partial charge is 0.507 e. The number of carbonyl (C=O) groups excluding carboxylic acids is 2. The summed E-state index contributed by atoms with van der Waals surface area (Å²) in [5.41, 5.74) is 1.19. The number of ketones is 1. The fraction of sp³-hybridized carbons (Fsp3) is 0.200. The summed E-state index contributed by atoms with van der Waals surface area (Å²) in [6.07, 6.45) is 0. The van der Waals surface area contributed by atoms with Crippen LogP contribution in [0.15, 0.2) is 71.6 Å². The topological polar surface area (TPSA) is 76.1 Å². The Balaban J connectivity index is 1.84. The summed E-state index contributed by atoms with van der Waals surface area (Å²) in [6.45, 7) is 2.61. The third kappa shape index (κ3) is 4.11. The van der Waals surface area contributed by atoms with Crippen LogP contribution >= 0.6 is 11.3 Å². The second-order valence-corrected chi connectivity index (χ2v) is 8.27. The first-order chi connectivity index (χ1) is 15.5. The van der Waals surface area contributed by atoms with Crippen molar-refractivity contribution in [3.63, 3.8) is 0 Å². The molecule has 2 heterocycles. The second kappa shape index (κ2) is 9.28. The average molecular weight is 450 g/mol. The summed E-state index contributed by atoms with van der Waals surface area (Å²) in [7, 11) is 1.57. The van der Waals surface area contributed by atoms with Gasteiger partial charge in [-0.15, -0.1) is 11.3 Å². The molecule has 1 aliphatic heterocycles. The highest BCUT2D eigenvalue weighted by molar-refractivity contribution is 7.09. The smallest absolute Gasteiger partial charge is 0.295 e. The molecule has 1 amide bonds. The zero-order valence-corrected chi connectivity index (χ0v) is 18.6. The first-order valence-electron chi connectivity index (χ1n) is 10.2. The van der Waals surface area contributed by atoms with Gasteiger partial charge in [-0.2, -0.15) is 0 Å². The van der Waals surface area contributed by atoms with Crippen LogP contribution in [0.5, 0.6) is 11.5 Å². The molecule has 1 N–H and O–H groups in total. The maximum Gasteiger partial charge on any atom is 0.295 e. The van der Waals surface area contributed by atoms with Crippen LogP contribution in [0.2, 0.25) is 0 Å². The molecule has 1 unspecified atom stereocenters. The van der Waals surface area contributed by atoms with Crippen molar-refractivity contribution in [2.24, 2.45) is 0 Å². The summed E-state index contributed by atoms with van der Waals surface area (Å²) in [5.74, 6) is -0.332. The third-order valence-electron chi connectivity index (χ3n) is 5.30. The zero-order chi connectivity index (χ0) is 22.7. The Morgan fingerprint density at radius 3 is 2.50 bits per heavy atom. The lowest BCUT2D eigenvalue weighted by Crippen LogP contribution is -2.28. The normalized spacial score (nSPS) is 17.6. The van der Waals surface area contributed by atoms with E-state index in [9.17, 15) is 14.7 Å². The number of likely N-dealkylation sites (tertiary alicyclic amines) is 1. The Morgan fingerprint density at radius 1 is 1.06 bits per heavy atom. The monoisotopic (exact) mass is 449 g/mol. The predicted octanol–water partition coefficient (Wildman–Crippen LogP) is 4.78. The highest BCUT2D eigenvalue weighted by atomic mass is 32.1. The molecular weight excluding hydrogens is 426 g/mol. The Labute approximate surface area is 190 Å². The van der Waals surface area contributed by atoms with Gasteiger partial charge in [-0.25, -0.2) is 0 Å². The highest BCUT2D eigenvalue weighted by Crippen LogP contribution is 2.41. The third-order valence-corrected chi connectivity index (χ3v) is 6.16. The second-order valence-electron chi connectivity index (χ2n) is 7.24.